The molecule has 24 heavy (non-hydrogen) atoms. The molecule has 1 aromatic rings. The second-order valence-electron chi connectivity index (χ2n) is 7.23. The average molecular weight is 338 g/mol. The van der Waals surface area contributed by atoms with Gasteiger partial charge in [0, 0.05) is 5.56 Å². The largest absolute Gasteiger partial charge is 0.368 e. The van der Waals surface area contributed by atoms with Crippen molar-refractivity contribution in [2.75, 3.05) is 0 Å². The molecule has 0 aromatic heterocycles. The Morgan fingerprint density at radius 1 is 1.25 bits per heavy atom. The quantitative estimate of drug-likeness (QED) is 0.785. The first-order chi connectivity index (χ1) is 11.4. The number of rotatable bonds is 6. The highest BCUT2D eigenvalue weighted by Gasteiger charge is 2.56. The van der Waals surface area contributed by atoms with Gasteiger partial charge in [-0.1, -0.05) is 39.0 Å². The van der Waals surface area contributed by atoms with E-state index in [9.17, 15) is 4.39 Å². The van der Waals surface area contributed by atoms with Crippen molar-refractivity contribution < 1.29 is 23.3 Å². The fourth-order valence-corrected chi connectivity index (χ4v) is 3.30. The van der Waals surface area contributed by atoms with Gasteiger partial charge in [0.1, 0.15) is 18.0 Å². The van der Waals surface area contributed by atoms with Crippen LogP contribution in [0.25, 0.3) is 0 Å². The number of halogens is 1. The van der Waals surface area contributed by atoms with Gasteiger partial charge < -0.3 is 18.9 Å². The summed E-state index contributed by atoms with van der Waals surface area (Å²) in [6.07, 6.45) is 0.538. The topological polar surface area (TPSA) is 36.9 Å². The van der Waals surface area contributed by atoms with Crippen molar-refractivity contribution in [3.63, 3.8) is 0 Å². The molecule has 2 aliphatic heterocycles. The summed E-state index contributed by atoms with van der Waals surface area (Å²) < 4.78 is 38.0. The Morgan fingerprint density at radius 3 is 2.67 bits per heavy atom. The van der Waals surface area contributed by atoms with E-state index < -0.39 is 12.1 Å². The van der Waals surface area contributed by atoms with Gasteiger partial charge in [-0.05, 0) is 31.7 Å². The van der Waals surface area contributed by atoms with Crippen LogP contribution in [0.3, 0.4) is 0 Å². The van der Waals surface area contributed by atoms with E-state index in [2.05, 4.69) is 13.8 Å². The van der Waals surface area contributed by atoms with E-state index in [-0.39, 0.29) is 30.7 Å². The normalized spacial score (nSPS) is 35.6. The third-order valence-corrected chi connectivity index (χ3v) is 4.75. The van der Waals surface area contributed by atoms with Crippen LogP contribution in [0.1, 0.15) is 46.1 Å². The van der Waals surface area contributed by atoms with Crippen LogP contribution in [0.2, 0.25) is 0 Å². The number of fused-ring (bicyclic) bond motifs is 1. The van der Waals surface area contributed by atoms with Gasteiger partial charge in [0.25, 0.3) is 0 Å². The molecule has 2 heterocycles. The Balaban J connectivity index is 1.72. The molecule has 134 valence electrons. The molecular weight excluding hydrogens is 311 g/mol. The summed E-state index contributed by atoms with van der Waals surface area (Å²) in [5, 5.41) is 0. The minimum atomic E-state index is -0.641. The van der Waals surface area contributed by atoms with Crippen LogP contribution in [0.15, 0.2) is 24.3 Å². The van der Waals surface area contributed by atoms with Crippen LogP contribution in [-0.2, 0) is 25.6 Å². The highest BCUT2D eigenvalue weighted by Crippen LogP contribution is 2.42. The molecule has 4 nitrogen and oxygen atoms in total. The lowest BCUT2D eigenvalue weighted by atomic mass is 10.0. The minimum Gasteiger partial charge on any atom is -0.368 e. The maximum atomic E-state index is 13.8. The van der Waals surface area contributed by atoms with E-state index in [4.69, 9.17) is 18.9 Å². The zero-order chi connectivity index (χ0) is 17.3. The van der Waals surface area contributed by atoms with Gasteiger partial charge >= 0.3 is 0 Å². The number of benzene rings is 1. The predicted molar refractivity (Wildman–Crippen MR) is 87.7 cm³/mol. The highest BCUT2D eigenvalue weighted by molar-refractivity contribution is 5.16. The van der Waals surface area contributed by atoms with Crippen molar-refractivity contribution in [3.05, 3.63) is 35.6 Å². The number of ether oxygens (including phenoxy) is 4. The maximum absolute atomic E-state index is 13.8. The fourth-order valence-electron chi connectivity index (χ4n) is 3.30. The molecule has 0 saturated carbocycles. The van der Waals surface area contributed by atoms with E-state index in [1.807, 2.05) is 19.9 Å². The van der Waals surface area contributed by atoms with Gasteiger partial charge in [-0.25, -0.2) is 4.39 Å². The molecule has 0 spiro atoms. The fraction of sp³-hybridized carbons (Fsp3) is 0.684. The van der Waals surface area contributed by atoms with E-state index in [1.54, 1.807) is 12.1 Å². The monoisotopic (exact) mass is 338 g/mol. The van der Waals surface area contributed by atoms with Gasteiger partial charge in [0.15, 0.2) is 12.1 Å². The number of hydrogen-bond donors (Lipinski definition) is 0. The first-order valence-corrected chi connectivity index (χ1v) is 8.78. The molecule has 0 radical (unpaired) electrons. The summed E-state index contributed by atoms with van der Waals surface area (Å²) in [6.45, 7) is 8.42. The summed E-state index contributed by atoms with van der Waals surface area (Å²) in [5.41, 5.74) is 0.543. The molecule has 2 fully saturated rings. The smallest absolute Gasteiger partial charge is 0.190 e. The summed E-state index contributed by atoms with van der Waals surface area (Å²) in [6, 6.07) is 6.67. The van der Waals surface area contributed by atoms with Gasteiger partial charge in [0.05, 0.1) is 12.7 Å². The number of hydrogen-bond acceptors (Lipinski definition) is 4. The Morgan fingerprint density at radius 2 is 2.00 bits per heavy atom. The Hall–Kier alpha value is -1.01. The average Bonchev–Trinajstić information content (AvgIpc) is 3.00. The molecule has 3 rings (SSSR count). The van der Waals surface area contributed by atoms with Crippen LogP contribution in [-0.4, -0.2) is 30.4 Å². The van der Waals surface area contributed by atoms with Gasteiger partial charge in [-0.3, -0.25) is 0 Å². The van der Waals surface area contributed by atoms with Crippen LogP contribution in [0.4, 0.5) is 4.39 Å². The molecule has 0 bridgehead atoms. The van der Waals surface area contributed by atoms with Crippen LogP contribution in [0, 0.1) is 11.7 Å². The minimum absolute atomic E-state index is 0.104. The van der Waals surface area contributed by atoms with Gasteiger partial charge in [-0.2, -0.15) is 0 Å². The van der Waals surface area contributed by atoms with Crippen molar-refractivity contribution in [1.82, 2.24) is 0 Å². The van der Waals surface area contributed by atoms with Crippen molar-refractivity contribution in [2.45, 2.75) is 77.5 Å². The third kappa shape index (κ3) is 3.64. The molecule has 2 aliphatic rings. The maximum Gasteiger partial charge on any atom is 0.190 e. The molecular formula is C19H27FO4. The molecule has 1 aromatic carbocycles. The lowest BCUT2D eigenvalue weighted by Crippen LogP contribution is -2.38. The van der Waals surface area contributed by atoms with E-state index in [0.29, 0.717) is 11.5 Å². The van der Waals surface area contributed by atoms with Crippen LogP contribution in [0.5, 0.6) is 0 Å². The van der Waals surface area contributed by atoms with Crippen LogP contribution >= 0.6 is 0 Å². The standard InChI is InChI=1S/C19H27FO4/c1-5-19(4)23-17-16(15(10-12(2)3)22-18(17)24-19)21-11-13-8-6-7-9-14(13)20/h6-9,12,15-18H,5,10-11H2,1-4H3/t15-,16+,17-,18-,19?/m1/s1. The lowest BCUT2D eigenvalue weighted by molar-refractivity contribution is -0.230. The zero-order valence-corrected chi connectivity index (χ0v) is 14.8. The zero-order valence-electron chi connectivity index (χ0n) is 14.8. The molecule has 5 heteroatoms. The molecule has 5 atom stereocenters. The predicted octanol–water partition coefficient (Wildman–Crippen LogP) is 4.02. The summed E-state index contributed by atoms with van der Waals surface area (Å²) in [7, 11) is 0. The second kappa shape index (κ2) is 7.08. The van der Waals surface area contributed by atoms with E-state index in [1.165, 1.54) is 6.07 Å². The molecule has 0 aliphatic carbocycles. The van der Waals surface area contributed by atoms with E-state index >= 15 is 0 Å². The van der Waals surface area contributed by atoms with E-state index in [0.717, 1.165) is 12.8 Å². The highest BCUT2D eigenvalue weighted by atomic mass is 19.1. The SMILES string of the molecule is CCC1(C)O[C@H]2O[C@H](CC(C)C)[C@H](OCc3ccccc3F)[C@H]2O1. The first kappa shape index (κ1) is 17.8. The molecule has 2 saturated heterocycles. The van der Waals surface area contributed by atoms with Gasteiger partial charge in [-0.15, -0.1) is 0 Å². The summed E-state index contributed by atoms with van der Waals surface area (Å²) in [4.78, 5) is 0. The Bertz CT molecular complexity index is 564. The molecule has 0 N–H and O–H groups in total. The third-order valence-electron chi connectivity index (χ3n) is 4.75. The van der Waals surface area contributed by atoms with Crippen molar-refractivity contribution in [3.8, 4) is 0 Å². The molecule has 0 amide bonds. The first-order valence-electron chi connectivity index (χ1n) is 8.78. The Labute approximate surface area is 143 Å². The van der Waals surface area contributed by atoms with Crippen LogP contribution < -0.4 is 0 Å². The summed E-state index contributed by atoms with van der Waals surface area (Å²) in [5.74, 6) is -0.432. The van der Waals surface area contributed by atoms with Crippen molar-refractivity contribution in [2.24, 2.45) is 5.92 Å². The van der Waals surface area contributed by atoms with Crippen molar-refractivity contribution >= 4 is 0 Å². The molecule has 1 unspecified atom stereocenters. The lowest BCUT2D eigenvalue weighted by Gasteiger charge is -2.28. The Kier molecular flexibility index (Phi) is 5.25. The van der Waals surface area contributed by atoms with Crippen molar-refractivity contribution in [1.29, 1.82) is 0 Å². The summed E-state index contributed by atoms with van der Waals surface area (Å²) >= 11 is 0. The second-order valence-corrected chi connectivity index (χ2v) is 7.23. The van der Waals surface area contributed by atoms with Gasteiger partial charge in [0.2, 0.25) is 0 Å².